The minimum atomic E-state index is -1.46. The Morgan fingerprint density at radius 2 is 1.80 bits per heavy atom. The van der Waals surface area contributed by atoms with Crippen LogP contribution in [-0.2, 0) is 20.3 Å². The van der Waals surface area contributed by atoms with Gasteiger partial charge in [0, 0.05) is 36.8 Å². The summed E-state index contributed by atoms with van der Waals surface area (Å²) in [5.41, 5.74) is 7.51. The fourth-order valence-corrected chi connectivity index (χ4v) is 6.57. The lowest BCUT2D eigenvalue weighted by Gasteiger charge is -2.36. The van der Waals surface area contributed by atoms with Crippen molar-refractivity contribution < 1.29 is 23.4 Å². The summed E-state index contributed by atoms with van der Waals surface area (Å²) in [6.07, 6.45) is 0.681. The molecule has 0 saturated carbocycles. The lowest BCUT2D eigenvalue weighted by molar-refractivity contribution is -0.431. The smallest absolute Gasteiger partial charge is 0.338 e. The molecule has 2 atom stereocenters. The number of esters is 1. The van der Waals surface area contributed by atoms with E-state index in [0.29, 0.717) is 22.6 Å². The van der Waals surface area contributed by atoms with E-state index in [1.807, 2.05) is 18.2 Å². The summed E-state index contributed by atoms with van der Waals surface area (Å²) >= 11 is 0. The van der Waals surface area contributed by atoms with Crippen molar-refractivity contribution in [1.29, 1.82) is 0 Å². The van der Waals surface area contributed by atoms with Gasteiger partial charge >= 0.3 is 5.97 Å². The number of para-hydroxylation sites is 2. The molecule has 2 aliphatic rings. The Balaban J connectivity index is 1.45. The molecule has 40 heavy (non-hydrogen) atoms. The summed E-state index contributed by atoms with van der Waals surface area (Å²) in [6.45, 7) is 5.78. The van der Waals surface area contributed by atoms with Crippen molar-refractivity contribution in [2.24, 2.45) is 5.73 Å². The molecule has 0 amide bonds. The van der Waals surface area contributed by atoms with Gasteiger partial charge in [-0.25, -0.2) is 4.79 Å². The molecule has 1 saturated heterocycles. The van der Waals surface area contributed by atoms with E-state index >= 15 is 0 Å². The Bertz CT molecular complexity index is 1350. The van der Waals surface area contributed by atoms with E-state index in [0.717, 1.165) is 44.2 Å². The largest absolute Gasteiger partial charge is 0.495 e. The fourth-order valence-electron chi connectivity index (χ4n) is 5.28. The van der Waals surface area contributed by atoms with Crippen molar-refractivity contribution in [2.75, 3.05) is 57.6 Å². The number of dihydropyridines is 1. The lowest BCUT2D eigenvalue weighted by atomic mass is 9.85. The second-order valence-corrected chi connectivity index (χ2v) is 11.1. The van der Waals surface area contributed by atoms with Crippen LogP contribution >= 0.6 is 0 Å². The minimum absolute atomic E-state index is 0.0206. The van der Waals surface area contributed by atoms with E-state index in [4.69, 9.17) is 15.2 Å². The molecule has 2 aliphatic heterocycles. The van der Waals surface area contributed by atoms with Crippen LogP contribution in [0, 0.1) is 10.1 Å². The number of ether oxygens (including phenoxy) is 2. The van der Waals surface area contributed by atoms with E-state index in [1.54, 1.807) is 31.4 Å². The first-order chi connectivity index (χ1) is 19.3. The lowest BCUT2D eigenvalue weighted by Crippen LogP contribution is -2.46. The number of hydrogen-bond donors (Lipinski definition) is 2. The molecule has 2 heterocycles. The van der Waals surface area contributed by atoms with E-state index in [9.17, 15) is 19.1 Å². The van der Waals surface area contributed by atoms with Gasteiger partial charge in [-0.15, -0.1) is 0 Å². The minimum Gasteiger partial charge on any atom is -0.495 e. The summed E-state index contributed by atoms with van der Waals surface area (Å²) in [7, 11) is 1.41. The summed E-state index contributed by atoms with van der Waals surface area (Å²) < 4.78 is 24.0. The van der Waals surface area contributed by atoms with E-state index < -0.39 is 27.6 Å². The van der Waals surface area contributed by atoms with Gasteiger partial charge in [0.2, 0.25) is 0 Å². The predicted octanol–water partition coefficient (Wildman–Crippen LogP) is 2.55. The maximum absolute atomic E-state index is 13.5. The van der Waals surface area contributed by atoms with Crippen LogP contribution in [0.15, 0.2) is 76.2 Å². The number of piperazine rings is 1. The highest BCUT2D eigenvalue weighted by molar-refractivity contribution is 7.85. The molecule has 2 aromatic rings. The summed E-state index contributed by atoms with van der Waals surface area (Å²) in [5, 5.41) is 14.8. The van der Waals surface area contributed by atoms with Crippen molar-refractivity contribution in [1.82, 2.24) is 10.2 Å². The van der Waals surface area contributed by atoms with Crippen molar-refractivity contribution in [3.8, 4) is 5.75 Å². The predicted molar refractivity (Wildman–Crippen MR) is 153 cm³/mol. The van der Waals surface area contributed by atoms with Crippen molar-refractivity contribution in [3.63, 3.8) is 0 Å². The Hall–Kier alpha value is -3.90. The summed E-state index contributed by atoms with van der Waals surface area (Å²) in [6, 6.07) is 14.8. The molecule has 2 unspecified atom stereocenters. The second kappa shape index (κ2) is 13.0. The van der Waals surface area contributed by atoms with Crippen LogP contribution in [0.3, 0.4) is 0 Å². The third-order valence-electron chi connectivity index (χ3n) is 7.24. The van der Waals surface area contributed by atoms with Gasteiger partial charge in [-0.05, 0) is 43.7 Å². The van der Waals surface area contributed by atoms with Crippen LogP contribution < -0.4 is 20.7 Å². The molecule has 0 bridgehead atoms. The first-order valence-corrected chi connectivity index (χ1v) is 14.4. The molecule has 0 radical (unpaired) electrons. The Morgan fingerprint density at radius 3 is 2.48 bits per heavy atom. The maximum atomic E-state index is 13.5. The van der Waals surface area contributed by atoms with Gasteiger partial charge in [-0.2, -0.15) is 0 Å². The van der Waals surface area contributed by atoms with Gasteiger partial charge in [-0.3, -0.25) is 19.2 Å². The molecular weight excluding hydrogens is 534 g/mol. The first-order valence-electron chi connectivity index (χ1n) is 13.0. The number of methoxy groups -OCH3 is 2. The molecular formula is C28H35N5O6S. The normalized spacial score (nSPS) is 18.8. The quantitative estimate of drug-likeness (QED) is 0.249. The maximum Gasteiger partial charge on any atom is 0.338 e. The average molecular weight is 570 g/mol. The topological polar surface area (TPSA) is 140 Å². The monoisotopic (exact) mass is 569 g/mol. The number of anilines is 1. The van der Waals surface area contributed by atoms with E-state index in [1.165, 1.54) is 14.0 Å². The van der Waals surface area contributed by atoms with Crippen LogP contribution in [0.1, 0.15) is 24.8 Å². The zero-order chi connectivity index (χ0) is 28.8. The van der Waals surface area contributed by atoms with Gasteiger partial charge < -0.3 is 25.4 Å². The van der Waals surface area contributed by atoms with Crippen LogP contribution in [0.4, 0.5) is 5.69 Å². The Kier molecular flexibility index (Phi) is 9.43. The van der Waals surface area contributed by atoms with Gasteiger partial charge in [0.25, 0.3) is 5.70 Å². The van der Waals surface area contributed by atoms with Gasteiger partial charge in [0.15, 0.2) is 0 Å². The number of benzene rings is 2. The number of nitrogens with two attached hydrogens (primary N) is 1. The number of carbonyl (C=O) groups is 1. The number of carbonyl (C=O) groups excluding carboxylic acids is 1. The highest BCUT2D eigenvalue weighted by atomic mass is 32.2. The molecule has 0 aromatic heterocycles. The van der Waals surface area contributed by atoms with Crippen molar-refractivity contribution in [3.05, 3.63) is 87.0 Å². The fraction of sp³-hybridized carbons (Fsp3) is 0.393. The summed E-state index contributed by atoms with van der Waals surface area (Å²) in [5.74, 6) is -0.691. The zero-order valence-corrected chi connectivity index (χ0v) is 23.7. The van der Waals surface area contributed by atoms with Gasteiger partial charge in [0.1, 0.15) is 17.5 Å². The van der Waals surface area contributed by atoms with Crippen molar-refractivity contribution in [2.45, 2.75) is 24.2 Å². The van der Waals surface area contributed by atoms with Crippen LogP contribution in [0.2, 0.25) is 0 Å². The summed E-state index contributed by atoms with van der Waals surface area (Å²) in [4.78, 5) is 29.3. The van der Waals surface area contributed by atoms with Gasteiger partial charge in [0.05, 0.1) is 46.9 Å². The van der Waals surface area contributed by atoms with E-state index in [-0.39, 0.29) is 22.8 Å². The Labute approximate surface area is 236 Å². The van der Waals surface area contributed by atoms with Crippen LogP contribution in [0.25, 0.3) is 0 Å². The second-order valence-electron chi connectivity index (χ2n) is 9.59. The number of allylic oxidation sites excluding steroid dienone is 2. The molecule has 214 valence electrons. The molecule has 4 rings (SSSR count). The Morgan fingerprint density at radius 1 is 1.12 bits per heavy atom. The number of hydrogen-bond acceptors (Lipinski definition) is 10. The number of nitro groups is 1. The standard InChI is InChI=1S/C28H35N5O6S/c1-19-26(33(35)36)24(25(27(29)30-19)28(34)39-3)20-9-4-7-12-23(20)40(37)18-8-13-31-14-16-32(17-15-31)21-10-5-6-11-22(21)38-2/h4-7,9-12,24,30H,8,13-18,29H2,1-3H3. The molecule has 12 heteroatoms. The first kappa shape index (κ1) is 29.1. The molecule has 0 spiro atoms. The zero-order valence-electron chi connectivity index (χ0n) is 22.9. The molecule has 3 N–H and O–H groups in total. The number of nitrogens with one attached hydrogen (secondary N) is 1. The molecule has 1 fully saturated rings. The average Bonchev–Trinajstić information content (AvgIpc) is 2.96. The SMILES string of the molecule is COC(=O)C1=C(N)NC(C)=C([N+](=O)[O-])C1c1ccccc1S(=O)CCCN1CCN(c2ccccc2OC)CC1. The van der Waals surface area contributed by atoms with Crippen LogP contribution in [0.5, 0.6) is 5.75 Å². The number of rotatable bonds is 10. The number of nitrogens with zero attached hydrogens (tertiary/aromatic N) is 3. The van der Waals surface area contributed by atoms with E-state index in [2.05, 4.69) is 21.2 Å². The molecule has 2 aromatic carbocycles. The molecule has 0 aliphatic carbocycles. The van der Waals surface area contributed by atoms with Crippen molar-refractivity contribution >= 4 is 22.5 Å². The molecule has 11 nitrogen and oxygen atoms in total. The third-order valence-corrected chi connectivity index (χ3v) is 8.76. The third kappa shape index (κ3) is 6.13. The highest BCUT2D eigenvalue weighted by Crippen LogP contribution is 2.40. The highest BCUT2D eigenvalue weighted by Gasteiger charge is 2.42. The van der Waals surface area contributed by atoms with Crippen LogP contribution in [-0.4, -0.2) is 72.7 Å². The van der Waals surface area contributed by atoms with Gasteiger partial charge in [-0.1, -0.05) is 30.3 Å².